The highest BCUT2D eigenvalue weighted by Crippen LogP contribution is 2.58. The first-order valence-electron chi connectivity index (χ1n) is 4.51. The summed E-state index contributed by atoms with van der Waals surface area (Å²) in [7, 11) is -9.59. The average molecular weight is 281 g/mol. The van der Waals surface area contributed by atoms with Crippen LogP contribution < -0.4 is 5.73 Å². The Hall–Kier alpha value is -0.520. The van der Waals surface area contributed by atoms with Crippen molar-refractivity contribution in [3.05, 3.63) is 35.9 Å². The van der Waals surface area contributed by atoms with Crippen LogP contribution in [-0.2, 0) is 14.4 Å². The molecular formula is C8H13NO6P2. The summed E-state index contributed by atoms with van der Waals surface area (Å²) >= 11 is 0. The predicted octanol–water partition coefficient (Wildman–Crippen LogP) is 0.153. The number of hydrogen-bond acceptors (Lipinski definition) is 3. The third-order valence-electron chi connectivity index (χ3n) is 2.24. The molecule has 7 nitrogen and oxygen atoms in total. The van der Waals surface area contributed by atoms with Gasteiger partial charge >= 0.3 is 15.2 Å². The Morgan fingerprint density at radius 1 is 1.06 bits per heavy atom. The van der Waals surface area contributed by atoms with Crippen LogP contribution in [0.1, 0.15) is 5.56 Å². The Morgan fingerprint density at radius 3 is 1.88 bits per heavy atom. The van der Waals surface area contributed by atoms with E-state index in [9.17, 15) is 18.9 Å². The van der Waals surface area contributed by atoms with E-state index < -0.39 is 26.6 Å². The molecule has 6 N–H and O–H groups in total. The average Bonchev–Trinajstić information content (AvgIpc) is 2.14. The van der Waals surface area contributed by atoms with Crippen molar-refractivity contribution in [3.63, 3.8) is 0 Å². The van der Waals surface area contributed by atoms with E-state index >= 15 is 0 Å². The van der Waals surface area contributed by atoms with Crippen molar-refractivity contribution in [2.45, 2.75) is 5.28 Å². The fraction of sp³-hybridized carbons (Fsp3) is 0.250. The molecule has 0 aliphatic carbocycles. The summed E-state index contributed by atoms with van der Waals surface area (Å²) in [5.41, 5.74) is 5.51. The van der Waals surface area contributed by atoms with Crippen LogP contribution in [0.15, 0.2) is 30.3 Å². The summed E-state index contributed by atoms with van der Waals surface area (Å²) in [4.78, 5) is 36.1. The molecule has 1 aromatic rings. The van der Waals surface area contributed by atoms with Gasteiger partial charge in [0.2, 0.25) is 0 Å². The van der Waals surface area contributed by atoms with Crippen LogP contribution in [0.25, 0.3) is 0 Å². The molecule has 0 aromatic heterocycles. The maximum atomic E-state index is 11.4. The highest BCUT2D eigenvalue weighted by molar-refractivity contribution is 7.57. The standard InChI is InChI=1S/C8H13NO6P2/c9-8(17(13,14)15,6-16(10,11)12)7-4-2-1-3-5-7/h1-5H,6,9H2,(H2,10,11,12)(H2,13,14,15). The molecule has 0 aliphatic rings. The van der Waals surface area contributed by atoms with E-state index in [1.165, 1.54) is 24.3 Å². The zero-order chi connectivity index (χ0) is 13.3. The second kappa shape index (κ2) is 4.63. The van der Waals surface area contributed by atoms with Gasteiger partial charge in [-0.2, -0.15) is 0 Å². The van der Waals surface area contributed by atoms with E-state index in [-0.39, 0.29) is 5.56 Å². The molecule has 0 bridgehead atoms. The normalized spacial score (nSPS) is 16.5. The van der Waals surface area contributed by atoms with Gasteiger partial charge < -0.3 is 25.3 Å². The molecule has 0 fully saturated rings. The van der Waals surface area contributed by atoms with Crippen molar-refractivity contribution in [2.24, 2.45) is 5.73 Å². The lowest BCUT2D eigenvalue weighted by molar-refractivity contribution is 0.318. The first-order valence-corrected chi connectivity index (χ1v) is 7.92. The minimum atomic E-state index is -4.92. The number of hydrogen-bond donors (Lipinski definition) is 5. The Morgan fingerprint density at radius 2 is 1.53 bits per heavy atom. The van der Waals surface area contributed by atoms with Crippen LogP contribution in [0.5, 0.6) is 0 Å². The third kappa shape index (κ3) is 3.47. The summed E-state index contributed by atoms with van der Waals surface area (Å²) in [6, 6.07) is 7.18. The molecule has 0 amide bonds. The zero-order valence-electron chi connectivity index (χ0n) is 8.67. The lowest BCUT2D eigenvalue weighted by atomic mass is 10.1. The topological polar surface area (TPSA) is 141 Å². The van der Waals surface area contributed by atoms with Crippen LogP contribution in [-0.4, -0.2) is 25.7 Å². The second-order valence-electron chi connectivity index (χ2n) is 3.66. The number of rotatable bonds is 4. The highest BCUT2D eigenvalue weighted by Gasteiger charge is 2.49. The molecule has 1 aromatic carbocycles. The Balaban J connectivity index is 3.32. The van der Waals surface area contributed by atoms with Crippen LogP contribution in [0.2, 0.25) is 0 Å². The number of benzene rings is 1. The zero-order valence-corrected chi connectivity index (χ0v) is 10.5. The molecule has 0 radical (unpaired) electrons. The SMILES string of the molecule is NC(CP(=O)(O)O)(c1ccccc1)P(=O)(O)O. The summed E-state index contributed by atoms with van der Waals surface area (Å²) in [6.45, 7) is 0. The molecule has 1 rings (SSSR count). The van der Waals surface area contributed by atoms with E-state index in [4.69, 9.17) is 15.5 Å². The first-order chi connectivity index (χ1) is 7.56. The summed E-state index contributed by atoms with van der Waals surface area (Å²) in [6.07, 6.45) is -1.12. The fourth-order valence-electron chi connectivity index (χ4n) is 1.39. The maximum Gasteiger partial charge on any atom is 0.350 e. The molecule has 0 saturated carbocycles. The monoisotopic (exact) mass is 281 g/mol. The molecule has 9 heteroatoms. The van der Waals surface area contributed by atoms with Gasteiger partial charge in [-0.1, -0.05) is 30.3 Å². The van der Waals surface area contributed by atoms with Crippen LogP contribution in [0.3, 0.4) is 0 Å². The van der Waals surface area contributed by atoms with Crippen LogP contribution in [0.4, 0.5) is 0 Å². The molecule has 0 spiro atoms. The molecule has 17 heavy (non-hydrogen) atoms. The van der Waals surface area contributed by atoms with Crippen LogP contribution in [0, 0.1) is 0 Å². The lowest BCUT2D eigenvalue weighted by Crippen LogP contribution is -2.40. The van der Waals surface area contributed by atoms with E-state index in [2.05, 4.69) is 0 Å². The lowest BCUT2D eigenvalue weighted by Gasteiger charge is -2.30. The van der Waals surface area contributed by atoms with E-state index in [1.54, 1.807) is 6.07 Å². The van der Waals surface area contributed by atoms with Gasteiger partial charge in [-0.05, 0) is 5.56 Å². The molecule has 96 valence electrons. The van der Waals surface area contributed by atoms with Gasteiger partial charge in [0.05, 0.1) is 6.16 Å². The minimum Gasteiger partial charge on any atom is -0.324 e. The Labute approximate surface area is 97.6 Å². The fourth-order valence-corrected chi connectivity index (χ4v) is 3.98. The smallest absolute Gasteiger partial charge is 0.324 e. The molecule has 1 unspecified atom stereocenters. The summed E-state index contributed by atoms with van der Waals surface area (Å²) < 4.78 is 22.3. The van der Waals surface area contributed by atoms with E-state index in [0.29, 0.717) is 0 Å². The second-order valence-corrected chi connectivity index (χ2v) is 7.19. The first kappa shape index (κ1) is 14.5. The van der Waals surface area contributed by atoms with Gasteiger partial charge in [0, 0.05) is 0 Å². The van der Waals surface area contributed by atoms with Crippen molar-refractivity contribution in [1.29, 1.82) is 0 Å². The molecule has 0 aliphatic heterocycles. The van der Waals surface area contributed by atoms with Gasteiger partial charge in [0.15, 0.2) is 5.28 Å². The third-order valence-corrected chi connectivity index (χ3v) is 4.86. The summed E-state index contributed by atoms with van der Waals surface area (Å²) in [5, 5.41) is -2.38. The molecular weight excluding hydrogens is 268 g/mol. The summed E-state index contributed by atoms with van der Waals surface area (Å²) in [5.74, 6) is 0. The van der Waals surface area contributed by atoms with Gasteiger partial charge in [-0.15, -0.1) is 0 Å². The van der Waals surface area contributed by atoms with Gasteiger partial charge in [-0.3, -0.25) is 9.13 Å². The minimum absolute atomic E-state index is 0.0170. The molecule has 0 saturated heterocycles. The molecule has 1 atom stereocenters. The van der Waals surface area contributed by atoms with Gasteiger partial charge in [0.25, 0.3) is 0 Å². The number of nitrogens with two attached hydrogens (primary N) is 1. The van der Waals surface area contributed by atoms with Crippen molar-refractivity contribution in [1.82, 2.24) is 0 Å². The quantitative estimate of drug-likeness (QED) is 0.495. The largest absolute Gasteiger partial charge is 0.350 e. The van der Waals surface area contributed by atoms with Crippen molar-refractivity contribution < 1.29 is 28.7 Å². The molecule has 0 heterocycles. The van der Waals surface area contributed by atoms with Crippen molar-refractivity contribution in [3.8, 4) is 0 Å². The van der Waals surface area contributed by atoms with Crippen LogP contribution >= 0.6 is 15.2 Å². The van der Waals surface area contributed by atoms with E-state index in [0.717, 1.165) is 0 Å². The van der Waals surface area contributed by atoms with E-state index in [1.807, 2.05) is 0 Å². The Bertz CT molecular complexity index is 480. The predicted molar refractivity (Wildman–Crippen MR) is 61.3 cm³/mol. The highest BCUT2D eigenvalue weighted by atomic mass is 31.2. The van der Waals surface area contributed by atoms with Crippen molar-refractivity contribution in [2.75, 3.05) is 6.16 Å². The maximum absolute atomic E-state index is 11.4. The van der Waals surface area contributed by atoms with Crippen molar-refractivity contribution >= 4 is 15.2 Å². The van der Waals surface area contributed by atoms with Gasteiger partial charge in [0.1, 0.15) is 0 Å². The van der Waals surface area contributed by atoms with Gasteiger partial charge in [-0.25, -0.2) is 0 Å². The Kier molecular flexibility index (Phi) is 3.96.